The van der Waals surface area contributed by atoms with Crippen LogP contribution in [0.3, 0.4) is 0 Å². The van der Waals surface area contributed by atoms with Crippen molar-refractivity contribution in [2.75, 3.05) is 60.0 Å². The molecule has 3 saturated heterocycles. The highest BCUT2D eigenvalue weighted by molar-refractivity contribution is 5.49. The maximum absolute atomic E-state index is 5.38. The van der Waals surface area contributed by atoms with Crippen molar-refractivity contribution in [3.8, 4) is 34.5 Å². The normalized spacial score (nSPS) is 23.5. The van der Waals surface area contributed by atoms with E-state index in [1.165, 1.54) is 16.7 Å². The molecule has 0 aromatic heterocycles. The largest absolute Gasteiger partial charge is 0.454 e. The molecule has 9 nitrogen and oxygen atoms in total. The summed E-state index contributed by atoms with van der Waals surface area (Å²) in [4.78, 5) is 0. The molecule has 0 unspecified atom stereocenters. The van der Waals surface area contributed by atoms with Gasteiger partial charge < -0.3 is 42.6 Å². The zero-order valence-electron chi connectivity index (χ0n) is 27.2. The summed E-state index contributed by atoms with van der Waals surface area (Å²) in [5.41, 5.74) is 7.17. The Hall–Kier alpha value is -4.44. The summed E-state index contributed by atoms with van der Waals surface area (Å²) >= 11 is 0. The molecule has 6 aliphatic heterocycles. The molecule has 0 N–H and O–H groups in total. The van der Waals surface area contributed by atoms with Gasteiger partial charge in [-0.2, -0.15) is 0 Å². The second-order valence-electron chi connectivity index (χ2n) is 12.5. The highest BCUT2D eigenvalue weighted by Crippen LogP contribution is 2.40. The van der Waals surface area contributed by atoms with Crippen LogP contribution in [-0.4, -0.2) is 60.0 Å². The van der Waals surface area contributed by atoms with Gasteiger partial charge in [-0.1, -0.05) is 37.9 Å². The highest BCUT2D eigenvalue weighted by atomic mass is 16.7. The van der Waals surface area contributed by atoms with Crippen molar-refractivity contribution >= 4 is 0 Å². The van der Waals surface area contributed by atoms with E-state index in [4.69, 9.17) is 42.6 Å². The van der Waals surface area contributed by atoms with Crippen LogP contribution in [0.25, 0.3) is 0 Å². The lowest BCUT2D eigenvalue weighted by atomic mass is 9.88. The molecule has 6 heterocycles. The van der Waals surface area contributed by atoms with Crippen molar-refractivity contribution in [3.05, 3.63) is 108 Å². The van der Waals surface area contributed by atoms with Gasteiger partial charge in [0.2, 0.25) is 20.4 Å². The fourth-order valence-corrected chi connectivity index (χ4v) is 6.72. The Labute approximate surface area is 281 Å². The first-order valence-corrected chi connectivity index (χ1v) is 16.5. The molecule has 0 amide bonds. The molecular weight excluding hydrogens is 612 g/mol. The van der Waals surface area contributed by atoms with Crippen molar-refractivity contribution in [3.63, 3.8) is 0 Å². The Balaban J connectivity index is 0.000000114. The second kappa shape index (κ2) is 14.8. The first kappa shape index (κ1) is 32.1. The molecule has 252 valence electrons. The molecule has 3 atom stereocenters. The number of benzene rings is 3. The lowest BCUT2D eigenvalue weighted by Crippen LogP contribution is -2.16. The third-order valence-electron chi connectivity index (χ3n) is 9.39. The average molecular weight is 655 g/mol. The summed E-state index contributed by atoms with van der Waals surface area (Å²) in [5, 5.41) is 0. The Morgan fingerprint density at radius 2 is 0.688 bits per heavy atom. The van der Waals surface area contributed by atoms with Gasteiger partial charge in [-0.15, -0.1) is 0 Å². The monoisotopic (exact) mass is 654 g/mol. The van der Waals surface area contributed by atoms with E-state index in [-0.39, 0.29) is 0 Å². The van der Waals surface area contributed by atoms with Gasteiger partial charge in [0.1, 0.15) is 0 Å². The smallest absolute Gasteiger partial charge is 0.231 e. The molecule has 0 bridgehead atoms. The van der Waals surface area contributed by atoms with E-state index in [1.54, 1.807) is 0 Å². The molecule has 0 spiro atoms. The standard InChI is InChI=1S/3C13H14O3/c3*1-9-7-14-5-4-11(9)10-2-3-12-13(6-10)16-8-15-12/h3*2-3,6,11H,1,4-5,7-8H2/t3*11-/m000/s1. The molecule has 9 heteroatoms. The lowest BCUT2D eigenvalue weighted by Gasteiger charge is -2.25. The Kier molecular flexibility index (Phi) is 9.88. The quantitative estimate of drug-likeness (QED) is 0.268. The van der Waals surface area contributed by atoms with Gasteiger partial charge >= 0.3 is 0 Å². The van der Waals surface area contributed by atoms with Crippen LogP contribution >= 0.6 is 0 Å². The summed E-state index contributed by atoms with van der Waals surface area (Å²) in [6.07, 6.45) is 3.00. The molecule has 6 aliphatic rings. The third kappa shape index (κ3) is 7.18. The minimum absolute atomic E-state index is 0.327. The summed E-state index contributed by atoms with van der Waals surface area (Å²) in [7, 11) is 0. The van der Waals surface area contributed by atoms with E-state index in [0.29, 0.717) is 58.0 Å². The van der Waals surface area contributed by atoms with Crippen molar-refractivity contribution in [2.24, 2.45) is 0 Å². The molecule has 0 aliphatic carbocycles. The van der Waals surface area contributed by atoms with Crippen molar-refractivity contribution in [2.45, 2.75) is 37.0 Å². The van der Waals surface area contributed by atoms with Crippen LogP contribution in [0.5, 0.6) is 34.5 Å². The lowest BCUT2D eigenvalue weighted by molar-refractivity contribution is 0.122. The number of rotatable bonds is 3. The molecular formula is C39H42O9. The van der Waals surface area contributed by atoms with Gasteiger partial charge in [-0.05, 0) is 89.1 Å². The van der Waals surface area contributed by atoms with E-state index in [2.05, 4.69) is 56.1 Å². The molecule has 3 aromatic rings. The zero-order valence-corrected chi connectivity index (χ0v) is 27.2. The number of hydrogen-bond donors (Lipinski definition) is 0. The van der Waals surface area contributed by atoms with E-state index in [0.717, 1.165) is 90.3 Å². The molecule has 48 heavy (non-hydrogen) atoms. The summed E-state index contributed by atoms with van der Waals surface area (Å²) in [6.45, 7) is 17.6. The minimum Gasteiger partial charge on any atom is -0.454 e. The third-order valence-corrected chi connectivity index (χ3v) is 9.39. The van der Waals surface area contributed by atoms with Gasteiger partial charge in [-0.25, -0.2) is 0 Å². The highest BCUT2D eigenvalue weighted by Gasteiger charge is 2.25. The number of hydrogen-bond acceptors (Lipinski definition) is 9. The van der Waals surface area contributed by atoms with Gasteiger partial charge in [0, 0.05) is 37.6 Å². The summed E-state index contributed by atoms with van der Waals surface area (Å²) in [5.74, 6) is 6.21. The van der Waals surface area contributed by atoms with Gasteiger partial charge in [-0.3, -0.25) is 0 Å². The molecule has 9 rings (SSSR count). The van der Waals surface area contributed by atoms with Crippen LogP contribution in [0, 0.1) is 0 Å². The van der Waals surface area contributed by atoms with E-state index < -0.39 is 0 Å². The molecule has 3 aromatic carbocycles. The van der Waals surface area contributed by atoms with Crippen LogP contribution in [0.1, 0.15) is 53.7 Å². The fourth-order valence-electron chi connectivity index (χ4n) is 6.72. The van der Waals surface area contributed by atoms with Crippen LogP contribution in [0.4, 0.5) is 0 Å². The van der Waals surface area contributed by atoms with E-state index in [1.807, 2.05) is 18.2 Å². The van der Waals surface area contributed by atoms with Crippen LogP contribution in [-0.2, 0) is 14.2 Å². The molecule has 0 saturated carbocycles. The van der Waals surface area contributed by atoms with Gasteiger partial charge in [0.05, 0.1) is 19.8 Å². The summed E-state index contributed by atoms with van der Waals surface area (Å²) < 4.78 is 48.2. The van der Waals surface area contributed by atoms with Crippen molar-refractivity contribution < 1.29 is 42.6 Å². The fraction of sp³-hybridized carbons (Fsp3) is 0.385. The zero-order chi connectivity index (χ0) is 32.9. The maximum atomic E-state index is 5.38. The first-order chi connectivity index (χ1) is 23.5. The minimum atomic E-state index is 0.327. The predicted octanol–water partition coefficient (Wildman–Crippen LogP) is 7.43. The van der Waals surface area contributed by atoms with Crippen LogP contribution in [0.2, 0.25) is 0 Å². The average Bonchev–Trinajstić information content (AvgIpc) is 3.90. The van der Waals surface area contributed by atoms with Crippen LogP contribution in [0.15, 0.2) is 91.1 Å². The van der Waals surface area contributed by atoms with E-state index in [9.17, 15) is 0 Å². The molecule has 3 fully saturated rings. The first-order valence-electron chi connectivity index (χ1n) is 16.5. The van der Waals surface area contributed by atoms with Gasteiger partial charge in [0.25, 0.3) is 0 Å². The Morgan fingerprint density at radius 1 is 0.396 bits per heavy atom. The van der Waals surface area contributed by atoms with Crippen molar-refractivity contribution in [1.29, 1.82) is 0 Å². The van der Waals surface area contributed by atoms with Crippen LogP contribution < -0.4 is 28.4 Å². The van der Waals surface area contributed by atoms with Gasteiger partial charge in [0.15, 0.2) is 34.5 Å². The maximum Gasteiger partial charge on any atom is 0.231 e. The number of fused-ring (bicyclic) bond motifs is 3. The Morgan fingerprint density at radius 3 is 0.979 bits per heavy atom. The second-order valence-corrected chi connectivity index (χ2v) is 12.5. The number of ether oxygens (including phenoxy) is 9. The molecule has 0 radical (unpaired) electrons. The Bertz CT molecular complexity index is 1470. The summed E-state index contributed by atoms with van der Waals surface area (Å²) in [6, 6.07) is 18.4. The van der Waals surface area contributed by atoms with E-state index >= 15 is 0 Å². The van der Waals surface area contributed by atoms with Crippen molar-refractivity contribution in [1.82, 2.24) is 0 Å². The topological polar surface area (TPSA) is 83.1 Å². The predicted molar refractivity (Wildman–Crippen MR) is 180 cm³/mol. The SMILES string of the molecule is C=C1COCC[C@@H]1c1ccc2c(c1)OCO2.C=C1COCC[C@@H]1c1ccc2c(c1)OCO2.C=C1COCC[C@@H]1c1ccc2c(c1)OCO2.